The van der Waals surface area contributed by atoms with Crippen LogP contribution in [0.3, 0.4) is 0 Å². The zero-order valence-corrected chi connectivity index (χ0v) is 11.9. The zero-order valence-electron chi connectivity index (χ0n) is 11.9. The average molecular weight is 260 g/mol. The number of hydrogen-bond donors (Lipinski definition) is 4. The van der Waals surface area contributed by atoms with Gasteiger partial charge in [0.1, 0.15) is 0 Å². The molecule has 1 aliphatic rings. The molecule has 4 unspecified atom stereocenters. The van der Waals surface area contributed by atoms with E-state index >= 15 is 0 Å². The van der Waals surface area contributed by atoms with Gasteiger partial charge in [-0.1, -0.05) is 0 Å². The molecule has 18 heavy (non-hydrogen) atoms. The van der Waals surface area contributed by atoms with E-state index in [0.29, 0.717) is 25.7 Å². The molecule has 4 nitrogen and oxygen atoms in total. The second-order valence-corrected chi connectivity index (χ2v) is 6.17. The van der Waals surface area contributed by atoms with Crippen molar-refractivity contribution in [2.75, 3.05) is 0 Å². The Morgan fingerprint density at radius 3 is 0.833 bits per heavy atom. The Kier molecular flexibility index (Phi) is 4.81. The predicted molar refractivity (Wildman–Crippen MR) is 70.1 cm³/mol. The molecular weight excluding hydrogens is 232 g/mol. The van der Waals surface area contributed by atoms with Crippen LogP contribution in [0, 0.1) is 10.8 Å². The summed E-state index contributed by atoms with van der Waals surface area (Å²) < 4.78 is 0. The molecule has 0 aliphatic heterocycles. The van der Waals surface area contributed by atoms with Crippen molar-refractivity contribution in [1.82, 2.24) is 0 Å². The van der Waals surface area contributed by atoms with Gasteiger partial charge in [-0.25, -0.2) is 0 Å². The van der Waals surface area contributed by atoms with E-state index < -0.39 is 35.2 Å². The van der Waals surface area contributed by atoms with Crippen molar-refractivity contribution in [1.29, 1.82) is 0 Å². The second-order valence-electron chi connectivity index (χ2n) is 6.17. The van der Waals surface area contributed by atoms with Crippen LogP contribution in [0.5, 0.6) is 0 Å². The van der Waals surface area contributed by atoms with Gasteiger partial charge in [0.15, 0.2) is 0 Å². The van der Waals surface area contributed by atoms with Crippen LogP contribution in [0.15, 0.2) is 0 Å². The van der Waals surface area contributed by atoms with Gasteiger partial charge in [0.2, 0.25) is 0 Å². The number of hydrogen-bond acceptors (Lipinski definition) is 4. The lowest BCUT2D eigenvalue weighted by molar-refractivity contribution is -0.144. The van der Waals surface area contributed by atoms with Crippen molar-refractivity contribution >= 4 is 0 Å². The predicted octanol–water partition coefficient (Wildman–Crippen LogP) is 1.06. The van der Waals surface area contributed by atoms with Gasteiger partial charge in [-0.2, -0.15) is 0 Å². The maximum Gasteiger partial charge on any atom is 0.0592 e. The Morgan fingerprint density at radius 2 is 0.722 bits per heavy atom. The third-order valence-corrected chi connectivity index (χ3v) is 5.44. The largest absolute Gasteiger partial charge is 0.393 e. The topological polar surface area (TPSA) is 80.9 Å². The first-order valence-corrected chi connectivity index (χ1v) is 6.91. The number of aliphatic hydroxyl groups is 4. The molecule has 4 heteroatoms. The summed E-state index contributed by atoms with van der Waals surface area (Å²) >= 11 is 0. The van der Waals surface area contributed by atoms with E-state index in [4.69, 9.17) is 0 Å². The molecule has 0 aromatic rings. The molecule has 0 aromatic heterocycles. The Bertz CT molecular complexity index is 215. The summed E-state index contributed by atoms with van der Waals surface area (Å²) in [5.74, 6) is 0. The number of aliphatic hydroxyl groups excluding tert-OH is 4. The van der Waals surface area contributed by atoms with Gasteiger partial charge in [0.05, 0.1) is 24.4 Å². The van der Waals surface area contributed by atoms with Crippen molar-refractivity contribution in [3.63, 3.8) is 0 Å². The lowest BCUT2D eigenvalue weighted by atomic mass is 9.57. The summed E-state index contributed by atoms with van der Waals surface area (Å²) in [6.45, 7) is 6.85. The molecular formula is C14H28O4. The van der Waals surface area contributed by atoms with E-state index in [1.54, 1.807) is 27.7 Å². The van der Waals surface area contributed by atoms with E-state index in [9.17, 15) is 20.4 Å². The Labute approximate surface area is 110 Å². The minimum atomic E-state index is -0.585. The zero-order chi connectivity index (χ0) is 14.1. The molecule has 1 rings (SSSR count). The van der Waals surface area contributed by atoms with E-state index in [1.165, 1.54) is 0 Å². The van der Waals surface area contributed by atoms with Crippen molar-refractivity contribution in [2.24, 2.45) is 10.8 Å². The van der Waals surface area contributed by atoms with Crippen LogP contribution in [0.4, 0.5) is 0 Å². The quantitative estimate of drug-likeness (QED) is 0.609. The molecule has 108 valence electrons. The highest BCUT2D eigenvalue weighted by Crippen LogP contribution is 2.52. The molecule has 1 saturated carbocycles. The van der Waals surface area contributed by atoms with Crippen LogP contribution in [-0.2, 0) is 0 Å². The third kappa shape index (κ3) is 2.44. The maximum absolute atomic E-state index is 9.96. The van der Waals surface area contributed by atoms with Gasteiger partial charge in [-0.3, -0.25) is 0 Å². The van der Waals surface area contributed by atoms with E-state index in [0.717, 1.165) is 0 Å². The summed E-state index contributed by atoms with van der Waals surface area (Å²) in [4.78, 5) is 0. The van der Waals surface area contributed by atoms with Crippen molar-refractivity contribution in [3.8, 4) is 0 Å². The number of rotatable bonds is 4. The Hall–Kier alpha value is -0.160. The van der Waals surface area contributed by atoms with Crippen molar-refractivity contribution in [3.05, 3.63) is 0 Å². The second kappa shape index (κ2) is 5.45. The summed E-state index contributed by atoms with van der Waals surface area (Å²) in [5.41, 5.74) is -1.01. The summed E-state index contributed by atoms with van der Waals surface area (Å²) in [6.07, 6.45) is 0.154. The van der Waals surface area contributed by atoms with Crippen molar-refractivity contribution < 1.29 is 20.4 Å². The van der Waals surface area contributed by atoms with Crippen LogP contribution in [0.25, 0.3) is 0 Å². The lowest BCUT2D eigenvalue weighted by Gasteiger charge is -2.51. The molecule has 4 N–H and O–H groups in total. The Morgan fingerprint density at radius 1 is 0.556 bits per heavy atom. The van der Waals surface area contributed by atoms with E-state index in [2.05, 4.69) is 0 Å². The first kappa shape index (κ1) is 15.9. The maximum atomic E-state index is 9.96. The fraction of sp³-hybridized carbons (Fsp3) is 1.00. The molecule has 1 fully saturated rings. The molecule has 0 heterocycles. The normalized spacial score (nSPS) is 40.0. The minimum Gasteiger partial charge on any atom is -0.393 e. The monoisotopic (exact) mass is 260 g/mol. The molecule has 0 saturated heterocycles. The fourth-order valence-electron chi connectivity index (χ4n) is 3.55. The first-order valence-electron chi connectivity index (χ1n) is 6.91. The third-order valence-electron chi connectivity index (χ3n) is 5.44. The van der Waals surface area contributed by atoms with E-state index in [-0.39, 0.29) is 0 Å². The highest BCUT2D eigenvalue weighted by molar-refractivity contribution is 5.01. The first-order chi connectivity index (χ1) is 8.19. The standard InChI is InChI=1S/C14H28O4/c1-9(15)13(10(2)16)5-7-14(8-6-13,11(3)17)12(4)18/h9-12,15-18H,5-8H2,1-4H3. The lowest BCUT2D eigenvalue weighted by Crippen LogP contribution is -2.53. The van der Waals surface area contributed by atoms with E-state index in [1.807, 2.05) is 0 Å². The van der Waals surface area contributed by atoms with Gasteiger partial charge in [-0.15, -0.1) is 0 Å². The van der Waals surface area contributed by atoms with Gasteiger partial charge in [0.25, 0.3) is 0 Å². The minimum absolute atomic E-state index is 0.507. The molecule has 0 aromatic carbocycles. The van der Waals surface area contributed by atoms with Gasteiger partial charge >= 0.3 is 0 Å². The van der Waals surface area contributed by atoms with Crippen LogP contribution >= 0.6 is 0 Å². The molecule has 0 spiro atoms. The van der Waals surface area contributed by atoms with Crippen LogP contribution < -0.4 is 0 Å². The van der Waals surface area contributed by atoms with Crippen molar-refractivity contribution in [2.45, 2.75) is 77.8 Å². The smallest absolute Gasteiger partial charge is 0.0592 e. The van der Waals surface area contributed by atoms with Gasteiger partial charge in [-0.05, 0) is 53.4 Å². The fourth-order valence-corrected chi connectivity index (χ4v) is 3.55. The van der Waals surface area contributed by atoms with Gasteiger partial charge < -0.3 is 20.4 Å². The summed E-state index contributed by atoms with van der Waals surface area (Å²) in [5, 5.41) is 39.8. The molecule has 0 bridgehead atoms. The SMILES string of the molecule is CC(O)C1(C(C)O)CCC(C(C)O)(C(C)O)CC1. The highest BCUT2D eigenvalue weighted by Gasteiger charge is 2.51. The van der Waals surface area contributed by atoms with Crippen LogP contribution in [-0.4, -0.2) is 44.8 Å². The summed E-state index contributed by atoms with van der Waals surface area (Å²) in [6, 6.07) is 0. The molecule has 0 amide bonds. The molecule has 4 atom stereocenters. The van der Waals surface area contributed by atoms with Crippen LogP contribution in [0.2, 0.25) is 0 Å². The van der Waals surface area contributed by atoms with Crippen LogP contribution in [0.1, 0.15) is 53.4 Å². The molecule has 0 radical (unpaired) electrons. The Balaban J connectivity index is 2.91. The van der Waals surface area contributed by atoms with Gasteiger partial charge in [0, 0.05) is 10.8 Å². The summed E-state index contributed by atoms with van der Waals surface area (Å²) in [7, 11) is 0. The highest BCUT2D eigenvalue weighted by atomic mass is 16.3. The molecule has 1 aliphatic carbocycles. The average Bonchev–Trinajstić information content (AvgIpc) is 2.27.